The van der Waals surface area contributed by atoms with Gasteiger partial charge in [0, 0.05) is 0 Å². The fourth-order valence-corrected chi connectivity index (χ4v) is 4.38. The molecule has 0 aliphatic rings. The normalized spacial score (nSPS) is 11.8. The second-order valence-electron chi connectivity index (χ2n) is 6.90. The molecule has 160 valence electrons. The molecular weight excluding hydrogens is 426 g/mol. The number of hydrogen-bond donors (Lipinski definition) is 1. The molecule has 0 spiro atoms. The summed E-state index contributed by atoms with van der Waals surface area (Å²) in [6.07, 6.45) is 0. The van der Waals surface area contributed by atoms with Crippen molar-refractivity contribution >= 4 is 34.5 Å². The molecule has 0 saturated heterocycles. The van der Waals surface area contributed by atoms with Crippen LogP contribution in [0.1, 0.15) is 21.2 Å². The highest BCUT2D eigenvalue weighted by atomic mass is 32.2. The van der Waals surface area contributed by atoms with Crippen LogP contribution in [0.4, 0.5) is 0 Å². The third kappa shape index (κ3) is 4.13. The second-order valence-corrected chi connectivity index (χ2v) is 7.98. The van der Waals surface area contributed by atoms with Crippen molar-refractivity contribution < 1.29 is 14.3 Å². The maximum absolute atomic E-state index is 13.5. The lowest BCUT2D eigenvalue weighted by molar-refractivity contribution is -0.117. The van der Waals surface area contributed by atoms with Crippen LogP contribution >= 0.6 is 11.8 Å². The van der Waals surface area contributed by atoms with E-state index in [1.54, 1.807) is 30.3 Å². The summed E-state index contributed by atoms with van der Waals surface area (Å²) < 4.78 is 6.22. The zero-order valence-electron chi connectivity index (χ0n) is 17.1. The van der Waals surface area contributed by atoms with Gasteiger partial charge in [0.1, 0.15) is 5.25 Å². The number of nitrogens with zero attached hydrogens (tertiary/aromatic N) is 2. The molecule has 0 aliphatic heterocycles. The Morgan fingerprint density at radius 2 is 1.66 bits per heavy atom. The Balaban J connectivity index is 1.94. The molecule has 0 aliphatic carbocycles. The summed E-state index contributed by atoms with van der Waals surface area (Å²) in [6, 6.07) is 22.7. The lowest BCUT2D eigenvalue weighted by Gasteiger charge is -2.17. The zero-order valence-corrected chi connectivity index (χ0v) is 17.9. The monoisotopic (exact) mass is 445 g/mol. The van der Waals surface area contributed by atoms with E-state index in [0.717, 1.165) is 11.8 Å². The van der Waals surface area contributed by atoms with Crippen molar-refractivity contribution in [2.24, 2.45) is 5.73 Å². The number of esters is 1. The minimum atomic E-state index is -0.765. The van der Waals surface area contributed by atoms with Gasteiger partial charge < -0.3 is 10.5 Å². The average Bonchev–Trinajstić information content (AvgIpc) is 2.82. The SMILES string of the molecule is COC(=O)c1ccc2c(=O)n(-c3ccccc3)c(S[C@@H](C(N)=O)c3ccccc3)nc2c1. The number of carbonyl (C=O) groups is 2. The quantitative estimate of drug-likeness (QED) is 0.277. The van der Waals surface area contributed by atoms with Gasteiger partial charge in [0.25, 0.3) is 5.56 Å². The van der Waals surface area contributed by atoms with Gasteiger partial charge in [0.05, 0.1) is 29.3 Å². The van der Waals surface area contributed by atoms with Crippen LogP contribution in [0.15, 0.2) is 88.8 Å². The number of carbonyl (C=O) groups excluding carboxylic acids is 2. The van der Waals surface area contributed by atoms with E-state index in [0.29, 0.717) is 22.2 Å². The Kier molecular flexibility index (Phi) is 6.04. The van der Waals surface area contributed by atoms with Crippen LogP contribution in [0.3, 0.4) is 0 Å². The Hall–Kier alpha value is -3.91. The maximum Gasteiger partial charge on any atom is 0.337 e. The Morgan fingerprint density at radius 1 is 1.00 bits per heavy atom. The minimum Gasteiger partial charge on any atom is -0.465 e. The van der Waals surface area contributed by atoms with Gasteiger partial charge in [-0.25, -0.2) is 9.78 Å². The molecule has 4 rings (SSSR count). The van der Waals surface area contributed by atoms with Gasteiger partial charge in [0.2, 0.25) is 5.91 Å². The van der Waals surface area contributed by atoms with Crippen molar-refractivity contribution in [3.63, 3.8) is 0 Å². The highest BCUT2D eigenvalue weighted by molar-refractivity contribution is 8.00. The van der Waals surface area contributed by atoms with E-state index in [9.17, 15) is 14.4 Å². The zero-order chi connectivity index (χ0) is 22.7. The van der Waals surface area contributed by atoms with Crippen LogP contribution in [0, 0.1) is 0 Å². The third-order valence-corrected chi connectivity index (χ3v) is 6.08. The molecule has 1 aromatic heterocycles. The molecule has 0 bridgehead atoms. The van der Waals surface area contributed by atoms with Crippen LogP contribution in [-0.2, 0) is 9.53 Å². The summed E-state index contributed by atoms with van der Waals surface area (Å²) in [4.78, 5) is 42.4. The third-order valence-electron chi connectivity index (χ3n) is 4.86. The lowest BCUT2D eigenvalue weighted by Crippen LogP contribution is -2.24. The molecule has 7 nitrogen and oxygen atoms in total. The second kappa shape index (κ2) is 9.07. The first-order valence-corrected chi connectivity index (χ1v) is 10.6. The molecule has 2 N–H and O–H groups in total. The summed E-state index contributed by atoms with van der Waals surface area (Å²) in [6.45, 7) is 0. The summed E-state index contributed by atoms with van der Waals surface area (Å²) in [5.41, 5.74) is 7.27. The number of fused-ring (bicyclic) bond motifs is 1. The standard InChI is InChI=1S/C24H19N3O4S/c1-31-23(30)16-12-13-18-19(14-16)26-24(27(22(18)29)17-10-6-3-7-11-17)32-20(21(25)28)15-8-4-2-5-9-15/h2-14,20H,1H3,(H2,25,28)/t20-/m1/s1. The van der Waals surface area contributed by atoms with Gasteiger partial charge >= 0.3 is 5.97 Å². The van der Waals surface area contributed by atoms with E-state index in [1.807, 2.05) is 36.4 Å². The fourth-order valence-electron chi connectivity index (χ4n) is 3.32. The predicted molar refractivity (Wildman–Crippen MR) is 123 cm³/mol. The van der Waals surface area contributed by atoms with Gasteiger partial charge in [-0.2, -0.15) is 0 Å². The number of rotatable bonds is 6. The number of amides is 1. The molecule has 1 amide bonds. The summed E-state index contributed by atoms with van der Waals surface area (Å²) in [5, 5.41) is -0.149. The number of methoxy groups -OCH3 is 1. The van der Waals surface area contributed by atoms with Crippen LogP contribution in [-0.4, -0.2) is 28.5 Å². The van der Waals surface area contributed by atoms with E-state index in [-0.39, 0.29) is 16.3 Å². The molecule has 32 heavy (non-hydrogen) atoms. The van der Waals surface area contributed by atoms with E-state index in [1.165, 1.54) is 23.8 Å². The number of ether oxygens (including phenoxy) is 1. The smallest absolute Gasteiger partial charge is 0.337 e. The number of aromatic nitrogens is 2. The van der Waals surface area contributed by atoms with E-state index >= 15 is 0 Å². The maximum atomic E-state index is 13.5. The van der Waals surface area contributed by atoms with Gasteiger partial charge in [-0.1, -0.05) is 60.3 Å². The molecule has 1 atom stereocenters. The molecule has 0 fully saturated rings. The molecule has 0 unspecified atom stereocenters. The number of thioether (sulfide) groups is 1. The fraction of sp³-hybridized carbons (Fsp3) is 0.0833. The van der Waals surface area contributed by atoms with Crippen LogP contribution in [0.5, 0.6) is 0 Å². The number of benzene rings is 3. The Bertz CT molecular complexity index is 1350. The Labute approximate surface area is 187 Å². The predicted octanol–water partition coefficient (Wildman–Crippen LogP) is 3.49. The first-order chi connectivity index (χ1) is 15.5. The van der Waals surface area contributed by atoms with Crippen molar-refractivity contribution in [2.75, 3.05) is 7.11 Å². The molecule has 3 aromatic carbocycles. The highest BCUT2D eigenvalue weighted by Gasteiger charge is 2.24. The lowest BCUT2D eigenvalue weighted by atomic mass is 10.1. The largest absolute Gasteiger partial charge is 0.465 e. The van der Waals surface area contributed by atoms with Crippen molar-refractivity contribution in [1.29, 1.82) is 0 Å². The van der Waals surface area contributed by atoms with Crippen molar-refractivity contribution in [1.82, 2.24) is 9.55 Å². The van der Waals surface area contributed by atoms with Crippen LogP contribution in [0.25, 0.3) is 16.6 Å². The minimum absolute atomic E-state index is 0.273. The van der Waals surface area contributed by atoms with Gasteiger partial charge in [0.15, 0.2) is 5.16 Å². The van der Waals surface area contributed by atoms with E-state index in [4.69, 9.17) is 10.5 Å². The molecule has 0 radical (unpaired) electrons. The first-order valence-electron chi connectivity index (χ1n) is 9.71. The number of para-hydroxylation sites is 1. The van der Waals surface area contributed by atoms with Gasteiger partial charge in [-0.3, -0.25) is 14.2 Å². The average molecular weight is 446 g/mol. The van der Waals surface area contributed by atoms with E-state index in [2.05, 4.69) is 4.98 Å². The van der Waals surface area contributed by atoms with Crippen molar-refractivity contribution in [2.45, 2.75) is 10.4 Å². The molecule has 0 saturated carbocycles. The molecule has 4 aromatic rings. The number of nitrogens with two attached hydrogens (primary N) is 1. The van der Waals surface area contributed by atoms with Crippen molar-refractivity contribution in [3.8, 4) is 5.69 Å². The number of primary amides is 1. The molecular formula is C24H19N3O4S. The summed E-state index contributed by atoms with van der Waals surface area (Å²) in [5.74, 6) is -1.09. The van der Waals surface area contributed by atoms with Gasteiger partial charge in [-0.05, 0) is 35.9 Å². The summed E-state index contributed by atoms with van der Waals surface area (Å²) in [7, 11) is 1.28. The highest BCUT2D eigenvalue weighted by Crippen LogP contribution is 2.35. The summed E-state index contributed by atoms with van der Waals surface area (Å²) >= 11 is 1.08. The van der Waals surface area contributed by atoms with Crippen LogP contribution in [0.2, 0.25) is 0 Å². The van der Waals surface area contributed by atoms with Crippen LogP contribution < -0.4 is 11.3 Å². The topological polar surface area (TPSA) is 104 Å². The molecule has 8 heteroatoms. The van der Waals surface area contributed by atoms with Gasteiger partial charge in [-0.15, -0.1) is 0 Å². The molecule has 1 heterocycles. The number of hydrogen-bond acceptors (Lipinski definition) is 6. The first kappa shape index (κ1) is 21.3. The Morgan fingerprint density at radius 3 is 2.28 bits per heavy atom. The van der Waals surface area contributed by atoms with E-state index < -0.39 is 17.1 Å². The van der Waals surface area contributed by atoms with Crippen molar-refractivity contribution in [3.05, 3.63) is 100 Å².